The molecule has 5 heteroatoms. The molecule has 0 unspecified atom stereocenters. The molecule has 0 aliphatic heterocycles. The molecule has 0 bridgehead atoms. The predicted molar refractivity (Wildman–Crippen MR) is 87.9 cm³/mol. The predicted octanol–water partition coefficient (Wildman–Crippen LogP) is 2.46. The van der Waals surface area contributed by atoms with Crippen molar-refractivity contribution in [3.63, 3.8) is 0 Å². The molecule has 0 aliphatic rings. The number of aliphatic hydroxyl groups excluding tert-OH is 1. The molecule has 0 fully saturated rings. The minimum absolute atomic E-state index is 0.0287. The fourth-order valence-corrected chi connectivity index (χ4v) is 3.55. The number of hydrogen-bond donors (Lipinski definition) is 2. The molecule has 1 atom stereocenters. The molecule has 2 rings (SSSR count). The highest BCUT2D eigenvalue weighted by Crippen LogP contribution is 2.17. The maximum Gasteiger partial charge on any atom is 0.215 e. The van der Waals surface area contributed by atoms with Crippen molar-refractivity contribution in [3.05, 3.63) is 70.8 Å². The molecule has 2 N–H and O–H groups in total. The van der Waals surface area contributed by atoms with Crippen LogP contribution in [0.4, 0.5) is 0 Å². The molecule has 22 heavy (non-hydrogen) atoms. The van der Waals surface area contributed by atoms with Crippen LogP contribution in [-0.4, -0.2) is 20.1 Å². The van der Waals surface area contributed by atoms with Crippen molar-refractivity contribution in [2.45, 2.75) is 25.7 Å². The van der Waals surface area contributed by atoms with Crippen LogP contribution in [-0.2, 0) is 15.8 Å². The van der Waals surface area contributed by atoms with E-state index in [0.717, 1.165) is 22.3 Å². The van der Waals surface area contributed by atoms with Crippen molar-refractivity contribution < 1.29 is 13.5 Å². The Bertz CT molecular complexity index is 741. The van der Waals surface area contributed by atoms with Gasteiger partial charge in [-0.25, -0.2) is 13.1 Å². The molecule has 0 saturated heterocycles. The minimum Gasteiger partial charge on any atom is -0.387 e. The van der Waals surface area contributed by atoms with Crippen molar-refractivity contribution in [2.24, 2.45) is 0 Å². The second kappa shape index (κ2) is 7.05. The van der Waals surface area contributed by atoms with Gasteiger partial charge < -0.3 is 5.11 Å². The number of aliphatic hydroxyl groups is 1. The largest absolute Gasteiger partial charge is 0.387 e. The lowest BCUT2D eigenvalue weighted by atomic mass is 10.0. The Balaban J connectivity index is 2.01. The Morgan fingerprint density at radius 2 is 1.59 bits per heavy atom. The molecule has 0 aliphatic carbocycles. The molecular weight excluding hydrogens is 298 g/mol. The van der Waals surface area contributed by atoms with Crippen LogP contribution in [0.5, 0.6) is 0 Å². The van der Waals surface area contributed by atoms with E-state index in [1.165, 1.54) is 0 Å². The Labute approximate surface area is 131 Å². The summed E-state index contributed by atoms with van der Waals surface area (Å²) in [6.45, 7) is 3.74. The van der Waals surface area contributed by atoms with E-state index in [9.17, 15) is 13.5 Å². The maximum absolute atomic E-state index is 12.2. The van der Waals surface area contributed by atoms with E-state index in [4.69, 9.17) is 0 Å². The second-order valence-electron chi connectivity index (χ2n) is 5.41. The number of sulfonamides is 1. The third-order valence-electron chi connectivity index (χ3n) is 3.65. The van der Waals surface area contributed by atoms with Crippen LogP contribution in [0.1, 0.15) is 28.4 Å². The second-order valence-corrected chi connectivity index (χ2v) is 7.21. The van der Waals surface area contributed by atoms with Gasteiger partial charge in [0.2, 0.25) is 10.0 Å². The number of hydrogen-bond acceptors (Lipinski definition) is 3. The van der Waals surface area contributed by atoms with E-state index in [-0.39, 0.29) is 12.3 Å². The van der Waals surface area contributed by atoms with Crippen LogP contribution in [0, 0.1) is 13.8 Å². The molecule has 0 heterocycles. The third-order valence-corrected chi connectivity index (χ3v) is 4.95. The van der Waals surface area contributed by atoms with Gasteiger partial charge in [0.15, 0.2) is 0 Å². The zero-order chi connectivity index (χ0) is 16.2. The average Bonchev–Trinajstić information content (AvgIpc) is 2.48. The van der Waals surface area contributed by atoms with Crippen molar-refractivity contribution in [1.82, 2.24) is 4.72 Å². The summed E-state index contributed by atoms with van der Waals surface area (Å²) in [7, 11) is -3.48. The van der Waals surface area contributed by atoms with E-state index < -0.39 is 16.1 Å². The molecule has 0 saturated carbocycles. The maximum atomic E-state index is 12.2. The quantitative estimate of drug-likeness (QED) is 0.859. The Hall–Kier alpha value is -1.69. The van der Waals surface area contributed by atoms with Crippen LogP contribution < -0.4 is 4.72 Å². The lowest BCUT2D eigenvalue weighted by Crippen LogP contribution is -2.30. The first-order valence-corrected chi connectivity index (χ1v) is 8.80. The van der Waals surface area contributed by atoms with Gasteiger partial charge in [-0.2, -0.15) is 0 Å². The summed E-state index contributed by atoms with van der Waals surface area (Å²) >= 11 is 0. The molecule has 0 radical (unpaired) electrons. The SMILES string of the molecule is Cc1ccccc1CS(=O)(=O)NC[C@@H](O)c1ccccc1C. The lowest BCUT2D eigenvalue weighted by Gasteiger charge is -2.15. The number of nitrogens with one attached hydrogen (secondary N) is 1. The van der Waals surface area contributed by atoms with E-state index in [0.29, 0.717) is 0 Å². The van der Waals surface area contributed by atoms with Crippen LogP contribution in [0.2, 0.25) is 0 Å². The molecule has 118 valence electrons. The van der Waals surface area contributed by atoms with Crippen LogP contribution in [0.25, 0.3) is 0 Å². The van der Waals surface area contributed by atoms with Crippen molar-refractivity contribution in [2.75, 3.05) is 6.54 Å². The van der Waals surface area contributed by atoms with Crippen LogP contribution in [0.3, 0.4) is 0 Å². The highest BCUT2D eigenvalue weighted by molar-refractivity contribution is 7.88. The monoisotopic (exact) mass is 319 g/mol. The summed E-state index contributed by atoms with van der Waals surface area (Å²) in [5, 5.41) is 10.2. The van der Waals surface area contributed by atoms with Gasteiger partial charge in [0.25, 0.3) is 0 Å². The van der Waals surface area contributed by atoms with Crippen LogP contribution in [0.15, 0.2) is 48.5 Å². The first kappa shape index (κ1) is 16.7. The zero-order valence-electron chi connectivity index (χ0n) is 12.8. The molecule has 0 amide bonds. The minimum atomic E-state index is -3.48. The van der Waals surface area contributed by atoms with Gasteiger partial charge in [0.05, 0.1) is 11.9 Å². The van der Waals surface area contributed by atoms with Gasteiger partial charge in [0, 0.05) is 6.54 Å². The first-order chi connectivity index (χ1) is 10.4. The van der Waals surface area contributed by atoms with Gasteiger partial charge in [-0.05, 0) is 36.1 Å². The van der Waals surface area contributed by atoms with E-state index >= 15 is 0 Å². The van der Waals surface area contributed by atoms with Gasteiger partial charge in [-0.1, -0.05) is 48.5 Å². The van der Waals surface area contributed by atoms with Gasteiger partial charge in [0.1, 0.15) is 0 Å². The summed E-state index contributed by atoms with van der Waals surface area (Å²) in [5.74, 6) is -0.0832. The smallest absolute Gasteiger partial charge is 0.215 e. The molecule has 0 spiro atoms. The highest BCUT2D eigenvalue weighted by atomic mass is 32.2. The normalized spacial score (nSPS) is 13.0. The summed E-state index contributed by atoms with van der Waals surface area (Å²) < 4.78 is 26.8. The Morgan fingerprint density at radius 1 is 1.00 bits per heavy atom. The first-order valence-electron chi connectivity index (χ1n) is 7.14. The molecule has 2 aromatic rings. The van der Waals surface area contributed by atoms with Crippen molar-refractivity contribution in [1.29, 1.82) is 0 Å². The summed E-state index contributed by atoms with van der Waals surface area (Å²) in [5.41, 5.74) is 3.38. The summed E-state index contributed by atoms with van der Waals surface area (Å²) in [6, 6.07) is 14.8. The number of rotatable bonds is 6. The van der Waals surface area contributed by atoms with E-state index in [2.05, 4.69) is 4.72 Å². The number of benzene rings is 2. The van der Waals surface area contributed by atoms with E-state index in [1.807, 2.05) is 50.2 Å². The zero-order valence-corrected chi connectivity index (χ0v) is 13.6. The molecule has 2 aromatic carbocycles. The summed E-state index contributed by atoms with van der Waals surface area (Å²) in [4.78, 5) is 0. The standard InChI is InChI=1S/C17H21NO3S/c1-13-7-3-5-9-15(13)12-22(20,21)18-11-17(19)16-10-6-4-8-14(16)2/h3-10,17-19H,11-12H2,1-2H3/t17-/m1/s1. The average molecular weight is 319 g/mol. The van der Waals surface area contributed by atoms with Gasteiger partial charge >= 0.3 is 0 Å². The van der Waals surface area contributed by atoms with Crippen molar-refractivity contribution in [3.8, 4) is 0 Å². The molecule has 0 aromatic heterocycles. The molecule has 4 nitrogen and oxygen atoms in total. The highest BCUT2D eigenvalue weighted by Gasteiger charge is 2.16. The fraction of sp³-hybridized carbons (Fsp3) is 0.294. The van der Waals surface area contributed by atoms with Gasteiger partial charge in [-0.3, -0.25) is 0 Å². The Kier molecular flexibility index (Phi) is 5.34. The van der Waals surface area contributed by atoms with Crippen LogP contribution >= 0.6 is 0 Å². The van der Waals surface area contributed by atoms with Crippen molar-refractivity contribution >= 4 is 10.0 Å². The molecular formula is C17H21NO3S. The van der Waals surface area contributed by atoms with Gasteiger partial charge in [-0.15, -0.1) is 0 Å². The number of aryl methyl sites for hydroxylation is 2. The lowest BCUT2D eigenvalue weighted by molar-refractivity contribution is 0.181. The Morgan fingerprint density at radius 3 is 2.23 bits per heavy atom. The fourth-order valence-electron chi connectivity index (χ4n) is 2.30. The summed E-state index contributed by atoms with van der Waals surface area (Å²) in [6.07, 6.45) is -0.854. The van der Waals surface area contributed by atoms with E-state index in [1.54, 1.807) is 12.1 Å². The topological polar surface area (TPSA) is 66.4 Å². The third kappa shape index (κ3) is 4.40.